The first-order valence-corrected chi connectivity index (χ1v) is 14.9. The maximum atomic E-state index is 13.9. The molecule has 222 valence electrons. The Morgan fingerprint density at radius 1 is 0.955 bits per heavy atom. The maximum absolute atomic E-state index is 13.9. The summed E-state index contributed by atoms with van der Waals surface area (Å²) in [5.74, 6) is 7.45. The summed E-state index contributed by atoms with van der Waals surface area (Å²) in [6.45, 7) is 6.47. The molecule has 1 saturated heterocycles. The topological polar surface area (TPSA) is 98.1 Å². The highest BCUT2D eigenvalue weighted by Gasteiger charge is 2.18. The number of rotatable bonds is 7. The number of fused-ring (bicyclic) bond motifs is 1. The van der Waals surface area contributed by atoms with Gasteiger partial charge in [0.15, 0.2) is 0 Å². The van der Waals surface area contributed by atoms with Crippen molar-refractivity contribution in [3.8, 4) is 17.6 Å². The summed E-state index contributed by atoms with van der Waals surface area (Å²) >= 11 is 0. The molecule has 4 heterocycles. The van der Waals surface area contributed by atoms with E-state index in [1.807, 2.05) is 55.5 Å². The molecule has 1 aliphatic heterocycles. The molecule has 5 aromatic rings. The predicted molar refractivity (Wildman–Crippen MR) is 172 cm³/mol. The lowest BCUT2D eigenvalue weighted by molar-refractivity contribution is 0.114. The first kappa shape index (κ1) is 29.0. The third-order valence-corrected chi connectivity index (χ3v) is 7.91. The average molecular weight is 586 g/mol. The van der Waals surface area contributed by atoms with Crippen LogP contribution in [0.15, 0.2) is 78.0 Å². The van der Waals surface area contributed by atoms with Crippen LogP contribution >= 0.6 is 0 Å². The lowest BCUT2D eigenvalue weighted by Gasteiger charge is -2.29. The Kier molecular flexibility index (Phi) is 8.62. The Morgan fingerprint density at radius 2 is 1.68 bits per heavy atom. The highest BCUT2D eigenvalue weighted by molar-refractivity contribution is 5.77. The lowest BCUT2D eigenvalue weighted by Crippen LogP contribution is -2.35. The number of pyridine rings is 1. The van der Waals surface area contributed by atoms with Gasteiger partial charge in [-0.3, -0.25) is 9.36 Å². The summed E-state index contributed by atoms with van der Waals surface area (Å²) in [6.07, 6.45) is 8.23. The van der Waals surface area contributed by atoms with E-state index in [4.69, 9.17) is 9.72 Å². The molecule has 1 N–H and O–H groups in total. The summed E-state index contributed by atoms with van der Waals surface area (Å²) in [7, 11) is 2.14. The van der Waals surface area contributed by atoms with Crippen LogP contribution in [0, 0.1) is 18.8 Å². The van der Waals surface area contributed by atoms with Gasteiger partial charge in [0.1, 0.15) is 17.5 Å². The number of hydrogen-bond acceptors (Lipinski definition) is 8. The quantitative estimate of drug-likeness (QED) is 0.263. The second-order valence-electron chi connectivity index (χ2n) is 11.2. The summed E-state index contributed by atoms with van der Waals surface area (Å²) in [4.78, 5) is 25.6. The third-order valence-electron chi connectivity index (χ3n) is 7.91. The first-order valence-electron chi connectivity index (χ1n) is 14.9. The fraction of sp³-hybridized carbons (Fsp3) is 0.286. The van der Waals surface area contributed by atoms with Crippen molar-refractivity contribution in [2.45, 2.75) is 45.8 Å². The molecule has 9 heteroatoms. The van der Waals surface area contributed by atoms with E-state index in [0.29, 0.717) is 22.5 Å². The van der Waals surface area contributed by atoms with Crippen LogP contribution in [0.2, 0.25) is 0 Å². The molecule has 44 heavy (non-hydrogen) atoms. The first-order chi connectivity index (χ1) is 21.4. The van der Waals surface area contributed by atoms with Crippen LogP contribution in [-0.2, 0) is 13.0 Å². The van der Waals surface area contributed by atoms with E-state index in [0.717, 1.165) is 66.0 Å². The van der Waals surface area contributed by atoms with E-state index in [9.17, 15) is 4.79 Å². The lowest BCUT2D eigenvalue weighted by atomic mass is 10.1. The number of benzene rings is 2. The minimum atomic E-state index is -0.226. The monoisotopic (exact) mass is 585 g/mol. The zero-order chi connectivity index (χ0) is 30.5. The minimum Gasteiger partial charge on any atom is -0.490 e. The number of aryl methyl sites for hydroxylation is 2. The zero-order valence-corrected chi connectivity index (χ0v) is 25.2. The van der Waals surface area contributed by atoms with Crippen LogP contribution in [-0.4, -0.2) is 55.9 Å². The van der Waals surface area contributed by atoms with E-state index >= 15 is 0 Å². The molecule has 1 fully saturated rings. The number of piperidine rings is 1. The number of hydrogen-bond donors (Lipinski definition) is 1. The average Bonchev–Trinajstić information content (AvgIpc) is 3.05. The van der Waals surface area contributed by atoms with Crippen molar-refractivity contribution >= 4 is 22.7 Å². The molecule has 6 rings (SSSR count). The number of nitrogens with one attached hydrogen (secondary N) is 1. The van der Waals surface area contributed by atoms with Gasteiger partial charge in [-0.05, 0) is 86.8 Å². The van der Waals surface area contributed by atoms with Gasteiger partial charge in [-0.15, -0.1) is 0 Å². The molecule has 0 unspecified atom stereocenters. The van der Waals surface area contributed by atoms with E-state index in [1.165, 1.54) is 0 Å². The van der Waals surface area contributed by atoms with Gasteiger partial charge in [-0.1, -0.05) is 36.5 Å². The van der Waals surface area contributed by atoms with Gasteiger partial charge < -0.3 is 15.0 Å². The van der Waals surface area contributed by atoms with Crippen LogP contribution in [0.3, 0.4) is 0 Å². The molecule has 0 saturated carbocycles. The Balaban J connectivity index is 1.31. The van der Waals surface area contributed by atoms with Crippen molar-refractivity contribution in [3.63, 3.8) is 0 Å². The maximum Gasteiger partial charge on any atom is 0.268 e. The second-order valence-corrected chi connectivity index (χ2v) is 11.2. The second kappa shape index (κ2) is 13.1. The van der Waals surface area contributed by atoms with Crippen LogP contribution in [0.1, 0.15) is 47.6 Å². The van der Waals surface area contributed by atoms with E-state index in [-0.39, 0.29) is 18.2 Å². The van der Waals surface area contributed by atoms with Gasteiger partial charge in [0.25, 0.3) is 5.56 Å². The van der Waals surface area contributed by atoms with Gasteiger partial charge >= 0.3 is 0 Å². The van der Waals surface area contributed by atoms with Crippen LogP contribution < -0.4 is 15.6 Å². The molecular weight excluding hydrogens is 550 g/mol. The van der Waals surface area contributed by atoms with Crippen molar-refractivity contribution < 1.29 is 4.74 Å². The molecule has 1 aliphatic rings. The summed E-state index contributed by atoms with van der Waals surface area (Å²) < 4.78 is 7.84. The van der Waals surface area contributed by atoms with Crippen molar-refractivity contribution in [2.24, 2.45) is 0 Å². The predicted octanol–water partition coefficient (Wildman–Crippen LogP) is 5.12. The molecular formula is C35H35N7O2. The SMILES string of the molecule is CCc1cnncc1Cn1c(=O)c(C#Cc2ccc(C)cc2)cc2cnc(Nc3ccc(OC4CCN(C)CC4)cc3)nc21. The third kappa shape index (κ3) is 6.77. The van der Waals surface area contributed by atoms with Gasteiger partial charge in [-0.25, -0.2) is 4.98 Å². The molecule has 0 atom stereocenters. The molecule has 0 radical (unpaired) electrons. The zero-order valence-electron chi connectivity index (χ0n) is 25.2. The molecule has 3 aromatic heterocycles. The van der Waals surface area contributed by atoms with Gasteiger partial charge in [0, 0.05) is 35.9 Å². The van der Waals surface area contributed by atoms with Crippen molar-refractivity contribution in [3.05, 3.63) is 111 Å². The highest BCUT2D eigenvalue weighted by atomic mass is 16.5. The summed E-state index contributed by atoms with van der Waals surface area (Å²) in [5.41, 5.74) is 5.40. The van der Waals surface area contributed by atoms with E-state index < -0.39 is 0 Å². The van der Waals surface area contributed by atoms with Crippen molar-refractivity contribution in [2.75, 3.05) is 25.5 Å². The fourth-order valence-corrected chi connectivity index (χ4v) is 5.28. The normalized spacial score (nSPS) is 13.8. The summed E-state index contributed by atoms with van der Waals surface area (Å²) in [6, 6.07) is 17.5. The summed E-state index contributed by atoms with van der Waals surface area (Å²) in [5, 5.41) is 12.1. The smallest absolute Gasteiger partial charge is 0.268 e. The number of nitrogens with zero attached hydrogens (tertiary/aromatic N) is 6. The van der Waals surface area contributed by atoms with E-state index in [1.54, 1.807) is 29.2 Å². The molecule has 9 nitrogen and oxygen atoms in total. The van der Waals surface area contributed by atoms with Crippen LogP contribution in [0.5, 0.6) is 5.75 Å². The molecule has 0 spiro atoms. The minimum absolute atomic E-state index is 0.226. The van der Waals surface area contributed by atoms with E-state index in [2.05, 4.69) is 51.2 Å². The Labute approximate surface area is 257 Å². The standard InChI is InChI=1S/C35H35N7O2/c1-4-26-21-37-38-22-29(26)23-42-33-28(19-27(34(42)43)10-9-25-7-5-24(2)6-8-25)20-36-35(40-33)39-30-11-13-31(14-12-30)44-32-15-17-41(3)18-16-32/h5-8,11-14,19-22,32H,4,15-18,23H2,1-3H3,(H,36,39,40). The van der Waals surface area contributed by atoms with Crippen molar-refractivity contribution in [1.29, 1.82) is 0 Å². The molecule has 2 aromatic carbocycles. The Morgan fingerprint density at radius 3 is 2.41 bits per heavy atom. The molecule has 0 amide bonds. The van der Waals surface area contributed by atoms with Crippen LogP contribution in [0.25, 0.3) is 11.0 Å². The van der Waals surface area contributed by atoms with Crippen LogP contribution in [0.4, 0.5) is 11.6 Å². The van der Waals surface area contributed by atoms with Gasteiger partial charge in [-0.2, -0.15) is 15.2 Å². The number of likely N-dealkylation sites (tertiary alicyclic amines) is 1. The molecule has 0 bridgehead atoms. The number of aromatic nitrogens is 5. The Bertz CT molecular complexity index is 1880. The molecule has 0 aliphatic carbocycles. The highest BCUT2D eigenvalue weighted by Crippen LogP contribution is 2.23. The number of ether oxygens (including phenoxy) is 1. The van der Waals surface area contributed by atoms with Gasteiger partial charge in [0.05, 0.1) is 24.5 Å². The largest absolute Gasteiger partial charge is 0.490 e. The number of anilines is 2. The van der Waals surface area contributed by atoms with Gasteiger partial charge in [0.2, 0.25) is 5.95 Å². The van der Waals surface area contributed by atoms with Crippen molar-refractivity contribution in [1.82, 2.24) is 29.6 Å². The Hall–Kier alpha value is -5.07. The fourth-order valence-electron chi connectivity index (χ4n) is 5.28.